The standard InChI is InChI=1S/C16H21ClN2O/c1-16(2,11-18)8-9-20-15-5-3-4-14(17)13(15)10-19-12-6-7-12/h3-5,12,19H,6-10H2,1-2H3. The van der Waals surface area contributed by atoms with Crippen molar-refractivity contribution in [3.63, 3.8) is 0 Å². The van der Waals surface area contributed by atoms with Crippen molar-refractivity contribution < 1.29 is 4.74 Å². The molecule has 20 heavy (non-hydrogen) atoms. The minimum Gasteiger partial charge on any atom is -0.493 e. The molecule has 2 rings (SSSR count). The van der Waals surface area contributed by atoms with Crippen molar-refractivity contribution in [3.8, 4) is 11.8 Å². The lowest BCUT2D eigenvalue weighted by Crippen LogP contribution is -2.17. The summed E-state index contributed by atoms with van der Waals surface area (Å²) in [6, 6.07) is 8.64. The van der Waals surface area contributed by atoms with Crippen molar-refractivity contribution in [3.05, 3.63) is 28.8 Å². The lowest BCUT2D eigenvalue weighted by Gasteiger charge is -2.17. The van der Waals surface area contributed by atoms with Crippen LogP contribution in [0.5, 0.6) is 5.75 Å². The van der Waals surface area contributed by atoms with Crippen LogP contribution in [0, 0.1) is 16.7 Å². The summed E-state index contributed by atoms with van der Waals surface area (Å²) in [5.74, 6) is 0.819. The maximum absolute atomic E-state index is 9.01. The van der Waals surface area contributed by atoms with Crippen LogP contribution in [0.4, 0.5) is 0 Å². The van der Waals surface area contributed by atoms with E-state index >= 15 is 0 Å². The van der Waals surface area contributed by atoms with Crippen LogP contribution in [0.3, 0.4) is 0 Å². The van der Waals surface area contributed by atoms with Crippen LogP contribution < -0.4 is 10.1 Å². The quantitative estimate of drug-likeness (QED) is 0.829. The Kier molecular flexibility index (Phi) is 4.91. The van der Waals surface area contributed by atoms with Gasteiger partial charge in [0.2, 0.25) is 0 Å². The highest BCUT2D eigenvalue weighted by atomic mass is 35.5. The van der Waals surface area contributed by atoms with Gasteiger partial charge in [0.05, 0.1) is 18.1 Å². The summed E-state index contributed by atoms with van der Waals surface area (Å²) < 4.78 is 5.83. The molecule has 0 aromatic heterocycles. The second-order valence-corrected chi connectivity index (χ2v) is 6.37. The first kappa shape index (κ1) is 15.2. The first-order chi connectivity index (χ1) is 9.52. The van der Waals surface area contributed by atoms with Gasteiger partial charge in [-0.05, 0) is 45.2 Å². The number of hydrogen-bond acceptors (Lipinski definition) is 3. The topological polar surface area (TPSA) is 45.0 Å². The number of hydrogen-bond donors (Lipinski definition) is 1. The van der Waals surface area contributed by atoms with Gasteiger partial charge in [-0.1, -0.05) is 17.7 Å². The molecular formula is C16H21ClN2O. The zero-order valence-corrected chi connectivity index (χ0v) is 12.8. The Labute approximate surface area is 125 Å². The van der Waals surface area contributed by atoms with Crippen molar-refractivity contribution in [1.82, 2.24) is 5.32 Å². The van der Waals surface area contributed by atoms with Crippen LogP contribution in [0.2, 0.25) is 5.02 Å². The molecule has 1 aromatic rings. The lowest BCUT2D eigenvalue weighted by molar-refractivity contribution is 0.262. The van der Waals surface area contributed by atoms with Crippen LogP contribution in [0.25, 0.3) is 0 Å². The summed E-state index contributed by atoms with van der Waals surface area (Å²) in [6.45, 7) is 5.10. The van der Waals surface area contributed by atoms with Crippen molar-refractivity contribution in [2.75, 3.05) is 6.61 Å². The molecule has 0 aliphatic heterocycles. The zero-order chi connectivity index (χ0) is 14.6. The molecule has 1 N–H and O–H groups in total. The molecular weight excluding hydrogens is 272 g/mol. The molecule has 0 heterocycles. The predicted octanol–water partition coefficient (Wildman–Crippen LogP) is 3.91. The summed E-state index contributed by atoms with van der Waals surface area (Å²) in [5.41, 5.74) is 0.654. The Morgan fingerprint density at radius 3 is 2.85 bits per heavy atom. The molecule has 108 valence electrons. The molecule has 1 saturated carbocycles. The van der Waals surface area contributed by atoms with Gasteiger partial charge >= 0.3 is 0 Å². The van der Waals surface area contributed by atoms with Gasteiger partial charge in [-0.15, -0.1) is 0 Å². The number of nitriles is 1. The summed E-state index contributed by atoms with van der Waals surface area (Å²) in [4.78, 5) is 0. The average molecular weight is 293 g/mol. The van der Waals surface area contributed by atoms with E-state index in [1.807, 2.05) is 32.0 Å². The third-order valence-electron chi connectivity index (χ3n) is 3.51. The summed E-state index contributed by atoms with van der Waals surface area (Å²) in [5, 5.41) is 13.2. The molecule has 0 atom stereocenters. The molecule has 0 unspecified atom stereocenters. The van der Waals surface area contributed by atoms with Gasteiger partial charge in [0, 0.05) is 23.2 Å². The Hall–Kier alpha value is -1.24. The van der Waals surface area contributed by atoms with Crippen LogP contribution in [-0.4, -0.2) is 12.6 Å². The number of ether oxygens (including phenoxy) is 1. The smallest absolute Gasteiger partial charge is 0.125 e. The molecule has 1 aromatic carbocycles. The first-order valence-electron chi connectivity index (χ1n) is 7.07. The van der Waals surface area contributed by atoms with Gasteiger partial charge in [0.15, 0.2) is 0 Å². The molecule has 0 spiro atoms. The van der Waals surface area contributed by atoms with E-state index in [0.29, 0.717) is 19.1 Å². The highest BCUT2D eigenvalue weighted by Crippen LogP contribution is 2.29. The van der Waals surface area contributed by atoms with E-state index in [-0.39, 0.29) is 5.41 Å². The van der Waals surface area contributed by atoms with E-state index < -0.39 is 0 Å². The SMILES string of the molecule is CC(C)(C#N)CCOc1cccc(Cl)c1CNC1CC1. The Morgan fingerprint density at radius 2 is 2.20 bits per heavy atom. The fourth-order valence-corrected chi connectivity index (χ4v) is 2.08. The molecule has 3 nitrogen and oxygen atoms in total. The minimum atomic E-state index is -0.356. The van der Waals surface area contributed by atoms with E-state index in [2.05, 4.69) is 11.4 Å². The number of rotatable bonds is 7. The Balaban J connectivity index is 1.95. The van der Waals surface area contributed by atoms with Crippen LogP contribution in [0.1, 0.15) is 38.7 Å². The van der Waals surface area contributed by atoms with Gasteiger partial charge in [-0.2, -0.15) is 5.26 Å². The number of halogens is 1. The van der Waals surface area contributed by atoms with Crippen LogP contribution in [-0.2, 0) is 6.54 Å². The fraction of sp³-hybridized carbons (Fsp3) is 0.562. The second kappa shape index (κ2) is 6.47. The normalized spacial score (nSPS) is 14.9. The van der Waals surface area contributed by atoms with Gasteiger partial charge in [-0.3, -0.25) is 0 Å². The number of benzene rings is 1. The minimum absolute atomic E-state index is 0.356. The molecule has 4 heteroatoms. The summed E-state index contributed by atoms with van der Waals surface area (Å²) in [6.07, 6.45) is 3.19. The third kappa shape index (κ3) is 4.40. The van der Waals surface area contributed by atoms with Gasteiger partial charge < -0.3 is 10.1 Å². The lowest BCUT2D eigenvalue weighted by atomic mass is 9.92. The van der Waals surface area contributed by atoms with Crippen molar-refractivity contribution in [2.24, 2.45) is 5.41 Å². The first-order valence-corrected chi connectivity index (χ1v) is 7.44. The summed E-state index contributed by atoms with van der Waals surface area (Å²) >= 11 is 6.26. The van der Waals surface area contributed by atoms with Gasteiger partial charge in [-0.25, -0.2) is 0 Å². The van der Waals surface area contributed by atoms with Gasteiger partial charge in [0.25, 0.3) is 0 Å². The van der Waals surface area contributed by atoms with E-state index in [0.717, 1.165) is 22.9 Å². The van der Waals surface area contributed by atoms with Crippen molar-refractivity contribution in [2.45, 2.75) is 45.7 Å². The summed E-state index contributed by atoms with van der Waals surface area (Å²) in [7, 11) is 0. The molecule has 0 bridgehead atoms. The maximum atomic E-state index is 9.01. The number of nitrogens with zero attached hydrogens (tertiary/aromatic N) is 1. The predicted molar refractivity (Wildman–Crippen MR) is 80.8 cm³/mol. The molecule has 0 radical (unpaired) electrons. The molecule has 1 aliphatic carbocycles. The monoisotopic (exact) mass is 292 g/mol. The maximum Gasteiger partial charge on any atom is 0.125 e. The third-order valence-corrected chi connectivity index (χ3v) is 3.86. The molecule has 1 fully saturated rings. The Bertz CT molecular complexity index is 504. The zero-order valence-electron chi connectivity index (χ0n) is 12.1. The van der Waals surface area contributed by atoms with E-state index in [1.165, 1.54) is 12.8 Å². The van der Waals surface area contributed by atoms with Crippen molar-refractivity contribution in [1.29, 1.82) is 5.26 Å². The average Bonchev–Trinajstić information content (AvgIpc) is 3.22. The molecule has 1 aliphatic rings. The van der Waals surface area contributed by atoms with Crippen LogP contribution >= 0.6 is 11.6 Å². The molecule has 0 amide bonds. The van der Waals surface area contributed by atoms with Gasteiger partial charge in [0.1, 0.15) is 5.75 Å². The molecule has 0 saturated heterocycles. The highest BCUT2D eigenvalue weighted by Gasteiger charge is 2.21. The van der Waals surface area contributed by atoms with E-state index in [4.69, 9.17) is 21.6 Å². The second-order valence-electron chi connectivity index (χ2n) is 5.97. The largest absolute Gasteiger partial charge is 0.493 e. The van der Waals surface area contributed by atoms with Crippen molar-refractivity contribution >= 4 is 11.6 Å². The fourth-order valence-electron chi connectivity index (χ4n) is 1.85. The van der Waals surface area contributed by atoms with Crippen LogP contribution in [0.15, 0.2) is 18.2 Å². The highest BCUT2D eigenvalue weighted by molar-refractivity contribution is 6.31. The van der Waals surface area contributed by atoms with E-state index in [1.54, 1.807) is 0 Å². The Morgan fingerprint density at radius 1 is 1.45 bits per heavy atom. The number of nitrogens with one attached hydrogen (secondary N) is 1. The van der Waals surface area contributed by atoms with E-state index in [9.17, 15) is 0 Å².